The minimum absolute atomic E-state index is 0.111. The third-order valence-electron chi connectivity index (χ3n) is 11.1. The van der Waals surface area contributed by atoms with Gasteiger partial charge in [0.1, 0.15) is 5.75 Å². The van der Waals surface area contributed by atoms with Gasteiger partial charge in [-0.1, -0.05) is 18.2 Å². The first-order valence-electron chi connectivity index (χ1n) is 17.9. The summed E-state index contributed by atoms with van der Waals surface area (Å²) in [4.78, 5) is 17.6. The molecule has 53 heavy (non-hydrogen) atoms. The summed E-state index contributed by atoms with van der Waals surface area (Å²) in [7, 11) is 8.77. The topological polar surface area (TPSA) is 82.2 Å². The van der Waals surface area contributed by atoms with Crippen LogP contribution in [0.2, 0.25) is 0 Å². The summed E-state index contributed by atoms with van der Waals surface area (Å²) >= 11 is 1.42. The molecule has 0 N–H and O–H groups in total. The molecule has 0 saturated heterocycles. The number of hydrazine groups is 1. The number of amides is 1. The number of hydrogen-bond donors (Lipinski definition) is 0. The summed E-state index contributed by atoms with van der Waals surface area (Å²) in [6.45, 7) is 1.52. The van der Waals surface area contributed by atoms with Crippen molar-refractivity contribution in [2.45, 2.75) is 37.8 Å². The Morgan fingerprint density at radius 1 is 0.755 bits per heavy atom. The fourth-order valence-corrected chi connectivity index (χ4v) is 9.10. The summed E-state index contributed by atoms with van der Waals surface area (Å²) in [6.07, 6.45) is 2.92. The van der Waals surface area contributed by atoms with Crippen molar-refractivity contribution in [2.75, 3.05) is 53.6 Å². The molecular weight excluding hydrogens is 691 g/mol. The van der Waals surface area contributed by atoms with Gasteiger partial charge in [-0.2, -0.15) is 0 Å². The molecule has 272 valence electrons. The van der Waals surface area contributed by atoms with Gasteiger partial charge < -0.3 is 28.4 Å². The van der Waals surface area contributed by atoms with E-state index in [2.05, 4.69) is 41.2 Å². The van der Waals surface area contributed by atoms with Crippen LogP contribution in [0.4, 0.5) is 5.69 Å². The molecule has 10 nitrogen and oxygen atoms in total. The minimum Gasteiger partial charge on any atom is -0.493 e. The normalized spacial score (nSPS) is 18.8. The lowest BCUT2D eigenvalue weighted by molar-refractivity contribution is 0.0800. The highest BCUT2D eigenvalue weighted by Gasteiger charge is 2.44. The first-order valence-corrected chi connectivity index (χ1v) is 18.8. The van der Waals surface area contributed by atoms with E-state index in [1.165, 1.54) is 28.0 Å². The number of rotatable bonds is 5. The second kappa shape index (κ2) is 13.3. The van der Waals surface area contributed by atoms with Gasteiger partial charge in [-0.05, 0) is 108 Å². The molecule has 11 heteroatoms. The molecule has 2 atom stereocenters. The van der Waals surface area contributed by atoms with Gasteiger partial charge in [0, 0.05) is 30.8 Å². The van der Waals surface area contributed by atoms with E-state index in [1.807, 2.05) is 52.9 Å². The first-order chi connectivity index (χ1) is 25.9. The smallest absolute Gasteiger partial charge is 0.282 e. The van der Waals surface area contributed by atoms with E-state index in [-0.39, 0.29) is 18.0 Å². The average Bonchev–Trinajstić information content (AvgIpc) is 3.73. The predicted octanol–water partition coefficient (Wildman–Crippen LogP) is 8.17. The lowest BCUT2D eigenvalue weighted by atomic mass is 9.85. The zero-order valence-corrected chi connectivity index (χ0v) is 31.2. The maximum absolute atomic E-state index is 14.6. The van der Waals surface area contributed by atoms with Crippen molar-refractivity contribution in [3.63, 3.8) is 0 Å². The molecule has 6 heterocycles. The largest absolute Gasteiger partial charge is 0.493 e. The SMILES string of the molecule is COc1cc2c3cc1Oc1ccc(cc1)CC1c4cc(c(OC)cc4CCN1C)Oc1c(OC)c(OC)cc4c1[C@H](C3)N(CC4)N2C(=O)c1cccs1. The van der Waals surface area contributed by atoms with Gasteiger partial charge in [0.25, 0.3) is 5.91 Å². The Morgan fingerprint density at radius 3 is 2.23 bits per heavy atom. The highest BCUT2D eigenvalue weighted by Crippen LogP contribution is 2.55. The molecule has 10 rings (SSSR count). The summed E-state index contributed by atoms with van der Waals surface area (Å²) in [6, 6.07) is 22.1. The van der Waals surface area contributed by atoms with Gasteiger partial charge in [-0.3, -0.25) is 9.69 Å². The lowest BCUT2D eigenvalue weighted by Crippen LogP contribution is -2.54. The molecule has 1 aromatic heterocycles. The Kier molecular flexibility index (Phi) is 8.44. The van der Waals surface area contributed by atoms with Crippen molar-refractivity contribution in [3.05, 3.63) is 110 Å². The maximum Gasteiger partial charge on any atom is 0.282 e. The number of thiophene rings is 1. The molecule has 5 aliphatic rings. The van der Waals surface area contributed by atoms with Crippen LogP contribution < -0.4 is 33.4 Å². The molecule has 0 aliphatic carbocycles. The number of carbonyl (C=O) groups excluding carboxylic acids is 1. The number of benzene rings is 4. The van der Waals surface area contributed by atoms with E-state index < -0.39 is 0 Å². The highest BCUT2D eigenvalue weighted by molar-refractivity contribution is 7.12. The average molecular weight is 732 g/mol. The van der Waals surface area contributed by atoms with Crippen LogP contribution in [0.1, 0.15) is 55.1 Å². The van der Waals surface area contributed by atoms with Crippen molar-refractivity contribution in [1.29, 1.82) is 0 Å². The highest BCUT2D eigenvalue weighted by atomic mass is 32.1. The third kappa shape index (κ3) is 5.57. The standard InChI is InChI=1S/C42H41N3O7S/c1-43-14-12-25-19-33(47-2)36-22-29(25)31(43)17-24-8-10-28(11-9-24)51-35-21-27-18-32-39-26(20-37(49-4)40(50-5)41(39)52-36)13-15-44(32)45(30(27)23-34(35)48-3)42(46)38-7-6-16-53-38/h6-11,16,19-23,31-32H,12-15,17-18H2,1-5H3/t31?,32-/m0/s1. The third-order valence-corrected chi connectivity index (χ3v) is 11.9. The molecule has 1 amide bonds. The van der Waals surface area contributed by atoms with E-state index in [0.717, 1.165) is 41.8 Å². The summed E-state index contributed by atoms with van der Waals surface area (Å²) in [5, 5.41) is 5.91. The molecule has 0 radical (unpaired) electrons. The van der Waals surface area contributed by atoms with Crippen molar-refractivity contribution in [1.82, 2.24) is 9.91 Å². The summed E-state index contributed by atoms with van der Waals surface area (Å²) in [5.74, 6) is 4.56. The summed E-state index contributed by atoms with van der Waals surface area (Å²) < 4.78 is 37.7. The quantitative estimate of drug-likeness (QED) is 0.178. The van der Waals surface area contributed by atoms with Crippen LogP contribution in [0.3, 0.4) is 0 Å². The lowest BCUT2D eigenvalue weighted by Gasteiger charge is -2.48. The number of anilines is 1. The Bertz CT molecular complexity index is 2220. The molecule has 5 aromatic rings. The zero-order valence-electron chi connectivity index (χ0n) is 30.4. The van der Waals surface area contributed by atoms with Crippen LogP contribution in [0.25, 0.3) is 0 Å². The van der Waals surface area contributed by atoms with Crippen LogP contribution >= 0.6 is 11.3 Å². The fraction of sp³-hybridized carbons (Fsp3) is 0.310. The number of fused-ring (bicyclic) bond motifs is 2. The predicted molar refractivity (Wildman–Crippen MR) is 203 cm³/mol. The molecular formula is C42H41N3O7S. The van der Waals surface area contributed by atoms with Gasteiger partial charge in [0.15, 0.2) is 34.5 Å². The monoisotopic (exact) mass is 731 g/mol. The summed E-state index contributed by atoms with van der Waals surface area (Å²) in [5.41, 5.74) is 7.33. The number of hydrogen-bond acceptors (Lipinski definition) is 10. The van der Waals surface area contributed by atoms with Gasteiger partial charge >= 0.3 is 0 Å². The number of methoxy groups -OCH3 is 4. The number of nitrogens with zero attached hydrogens (tertiary/aromatic N) is 3. The zero-order chi connectivity index (χ0) is 36.4. The van der Waals surface area contributed by atoms with Crippen molar-refractivity contribution in [3.8, 4) is 46.0 Å². The van der Waals surface area contributed by atoms with E-state index >= 15 is 0 Å². The number of ether oxygens (including phenoxy) is 6. The Hall–Kier alpha value is -5.23. The van der Waals surface area contributed by atoms with Gasteiger partial charge in [0.2, 0.25) is 5.75 Å². The van der Waals surface area contributed by atoms with Crippen molar-refractivity contribution in [2.24, 2.45) is 0 Å². The number of carbonyl (C=O) groups is 1. The molecule has 0 fully saturated rings. The fourth-order valence-electron chi connectivity index (χ4n) is 8.45. The second-order valence-electron chi connectivity index (χ2n) is 13.9. The van der Waals surface area contributed by atoms with Crippen molar-refractivity contribution < 1.29 is 33.2 Å². The van der Waals surface area contributed by atoms with Crippen LogP contribution in [-0.2, 0) is 25.7 Å². The van der Waals surface area contributed by atoms with Crippen LogP contribution in [0, 0.1) is 0 Å². The molecule has 7 bridgehead atoms. The van der Waals surface area contributed by atoms with Crippen molar-refractivity contribution >= 4 is 22.9 Å². The van der Waals surface area contributed by atoms with Crippen LogP contribution in [0.15, 0.2) is 72.1 Å². The van der Waals surface area contributed by atoms with E-state index in [1.54, 1.807) is 28.4 Å². The van der Waals surface area contributed by atoms with Crippen LogP contribution in [-0.4, -0.2) is 64.4 Å². The molecule has 1 unspecified atom stereocenters. The molecule has 5 aliphatic heterocycles. The van der Waals surface area contributed by atoms with E-state index in [0.29, 0.717) is 70.3 Å². The first kappa shape index (κ1) is 33.6. The second-order valence-corrected chi connectivity index (χ2v) is 14.8. The van der Waals surface area contributed by atoms with E-state index in [4.69, 9.17) is 28.4 Å². The molecule has 4 aromatic carbocycles. The number of likely N-dealkylation sites (N-methyl/N-ethyl adjacent to an activating group) is 1. The van der Waals surface area contributed by atoms with Gasteiger partial charge in [0.05, 0.1) is 45.0 Å². The molecule has 0 spiro atoms. The van der Waals surface area contributed by atoms with Crippen LogP contribution in [0.5, 0.6) is 46.0 Å². The van der Waals surface area contributed by atoms with E-state index in [9.17, 15) is 4.79 Å². The Balaban J connectivity index is 1.31. The van der Waals surface area contributed by atoms with Gasteiger partial charge in [-0.25, -0.2) is 10.0 Å². The van der Waals surface area contributed by atoms with Gasteiger partial charge in [-0.15, -0.1) is 11.3 Å². The molecule has 0 saturated carbocycles. The maximum atomic E-state index is 14.6. The Labute approximate surface area is 312 Å². The Morgan fingerprint density at radius 2 is 1.49 bits per heavy atom. The minimum atomic E-state index is -0.299.